The number of alkyl halides is 3. The van der Waals surface area contributed by atoms with Gasteiger partial charge in [-0.3, -0.25) is 4.79 Å². The smallest absolute Gasteiger partial charge is 0.489 e. The van der Waals surface area contributed by atoms with E-state index < -0.39 is 6.36 Å². The number of hydrogen-bond acceptors (Lipinski definition) is 5. The van der Waals surface area contributed by atoms with Gasteiger partial charge in [0.05, 0.1) is 0 Å². The molecule has 1 aromatic heterocycles. The van der Waals surface area contributed by atoms with Gasteiger partial charge in [-0.05, 0) is 84.7 Å². The summed E-state index contributed by atoms with van der Waals surface area (Å²) in [6.07, 6.45) is 8.39. The van der Waals surface area contributed by atoms with Crippen LogP contribution in [0.1, 0.15) is 91.6 Å². The third-order valence-electron chi connectivity index (χ3n) is 7.69. The summed E-state index contributed by atoms with van der Waals surface area (Å²) < 4.78 is 47.0. The topological polar surface area (TPSA) is 60.5 Å². The van der Waals surface area contributed by atoms with E-state index in [1.54, 1.807) is 24.4 Å². The Morgan fingerprint density at radius 2 is 1.68 bits per heavy atom. The molecule has 0 atom stereocenters. The predicted octanol–water partition coefficient (Wildman–Crippen LogP) is 9.11. The fourth-order valence-electron chi connectivity index (χ4n) is 5.41. The average molecular weight is 553 g/mol. The lowest BCUT2D eigenvalue weighted by atomic mass is 9.85. The summed E-state index contributed by atoms with van der Waals surface area (Å²) in [6, 6.07) is 15.1. The van der Waals surface area contributed by atoms with Gasteiger partial charge in [0.1, 0.15) is 23.9 Å². The van der Waals surface area contributed by atoms with Gasteiger partial charge in [0.15, 0.2) is 5.78 Å². The standard InChI is InChI=1S/C32H35F3N2O3/c33-32(34,35)40-26-13-9-23(10-14-26)21-39-27-15-16-29(28(20-27)24-11-12-24)37-31-19-25(17-18-36-31)30(38)8-4-7-22-5-2-1-3-6-22/h9-10,13-20,22,24H,1-8,11-12,21H2,(H,36,37). The zero-order valence-corrected chi connectivity index (χ0v) is 22.5. The van der Waals surface area contributed by atoms with Gasteiger partial charge in [0, 0.05) is 23.9 Å². The van der Waals surface area contributed by atoms with Crippen molar-refractivity contribution in [3.05, 3.63) is 77.5 Å². The quantitative estimate of drug-likeness (QED) is 0.227. The van der Waals surface area contributed by atoms with E-state index >= 15 is 0 Å². The van der Waals surface area contributed by atoms with Crippen LogP contribution in [0.5, 0.6) is 11.5 Å². The third kappa shape index (κ3) is 8.23. The molecule has 1 heterocycles. The lowest BCUT2D eigenvalue weighted by Crippen LogP contribution is -2.17. The number of rotatable bonds is 12. The molecule has 5 rings (SSSR count). The van der Waals surface area contributed by atoms with Crippen molar-refractivity contribution in [1.29, 1.82) is 0 Å². The Kier molecular flexibility index (Phi) is 8.92. The zero-order valence-electron chi connectivity index (χ0n) is 22.5. The molecule has 0 amide bonds. The average Bonchev–Trinajstić information content (AvgIpc) is 3.79. The first kappa shape index (κ1) is 28.0. The number of halogens is 3. The molecule has 2 saturated carbocycles. The van der Waals surface area contributed by atoms with Gasteiger partial charge in [-0.1, -0.05) is 50.7 Å². The first-order valence-electron chi connectivity index (χ1n) is 14.2. The van der Waals surface area contributed by atoms with E-state index in [1.165, 1.54) is 44.2 Å². The molecule has 2 aliphatic rings. The summed E-state index contributed by atoms with van der Waals surface area (Å²) in [6.45, 7) is 0.218. The molecule has 0 saturated heterocycles. The highest BCUT2D eigenvalue weighted by Gasteiger charge is 2.31. The summed E-state index contributed by atoms with van der Waals surface area (Å²) in [5.74, 6) is 2.41. The second-order valence-electron chi connectivity index (χ2n) is 10.9. The number of ether oxygens (including phenoxy) is 2. The number of benzene rings is 2. The van der Waals surface area contributed by atoms with Gasteiger partial charge < -0.3 is 14.8 Å². The minimum atomic E-state index is -4.71. The summed E-state index contributed by atoms with van der Waals surface area (Å²) in [5, 5.41) is 3.40. The Bertz CT molecular complexity index is 1280. The second kappa shape index (κ2) is 12.7. The Hall–Kier alpha value is -3.55. The van der Waals surface area contributed by atoms with E-state index in [-0.39, 0.29) is 18.1 Å². The molecule has 1 N–H and O–H groups in total. The molecule has 2 fully saturated rings. The molecule has 0 unspecified atom stereocenters. The highest BCUT2D eigenvalue weighted by molar-refractivity contribution is 5.96. The van der Waals surface area contributed by atoms with Crippen molar-refractivity contribution < 1.29 is 27.4 Å². The first-order valence-corrected chi connectivity index (χ1v) is 14.2. The molecule has 3 aromatic rings. The first-order chi connectivity index (χ1) is 19.3. The molecule has 212 valence electrons. The van der Waals surface area contributed by atoms with Crippen molar-refractivity contribution in [1.82, 2.24) is 4.98 Å². The second-order valence-corrected chi connectivity index (χ2v) is 10.9. The van der Waals surface area contributed by atoms with Crippen LogP contribution < -0.4 is 14.8 Å². The molecule has 0 radical (unpaired) electrons. The van der Waals surface area contributed by atoms with Crippen LogP contribution >= 0.6 is 0 Å². The van der Waals surface area contributed by atoms with Gasteiger partial charge in [0.25, 0.3) is 0 Å². The monoisotopic (exact) mass is 552 g/mol. The highest BCUT2D eigenvalue weighted by atomic mass is 19.4. The van der Waals surface area contributed by atoms with Crippen molar-refractivity contribution in [2.45, 2.75) is 83.1 Å². The molecule has 8 heteroatoms. The zero-order chi connectivity index (χ0) is 28.0. The van der Waals surface area contributed by atoms with Gasteiger partial charge in [-0.25, -0.2) is 4.98 Å². The minimum absolute atomic E-state index is 0.158. The molecule has 2 aromatic carbocycles. The van der Waals surface area contributed by atoms with Gasteiger partial charge in [-0.2, -0.15) is 0 Å². The normalized spacial score (nSPS) is 16.0. The Morgan fingerprint density at radius 3 is 2.40 bits per heavy atom. The van der Waals surface area contributed by atoms with Crippen LogP contribution in [-0.4, -0.2) is 17.1 Å². The van der Waals surface area contributed by atoms with Crippen LogP contribution in [0.25, 0.3) is 0 Å². The van der Waals surface area contributed by atoms with E-state index in [0.29, 0.717) is 29.5 Å². The highest BCUT2D eigenvalue weighted by Crippen LogP contribution is 2.45. The van der Waals surface area contributed by atoms with Gasteiger partial charge in [-0.15, -0.1) is 13.2 Å². The number of anilines is 2. The number of ketones is 1. The molecule has 0 spiro atoms. The number of Topliss-reactive ketones (excluding diaryl/α,β-unsaturated/α-hetero) is 1. The molecule has 0 bridgehead atoms. The van der Waals surface area contributed by atoms with Crippen LogP contribution in [0, 0.1) is 5.92 Å². The maximum atomic E-state index is 12.9. The Balaban J connectivity index is 1.18. The van der Waals surface area contributed by atoms with Crippen molar-refractivity contribution in [3.8, 4) is 11.5 Å². The summed E-state index contributed by atoms with van der Waals surface area (Å²) >= 11 is 0. The maximum absolute atomic E-state index is 12.9. The fraction of sp³-hybridized carbons (Fsp3) is 0.438. The van der Waals surface area contributed by atoms with Crippen molar-refractivity contribution >= 4 is 17.3 Å². The van der Waals surface area contributed by atoms with E-state index in [0.717, 1.165) is 48.4 Å². The molecule has 40 heavy (non-hydrogen) atoms. The van der Waals surface area contributed by atoms with Crippen molar-refractivity contribution in [3.63, 3.8) is 0 Å². The van der Waals surface area contributed by atoms with E-state index in [2.05, 4.69) is 15.0 Å². The Morgan fingerprint density at radius 1 is 0.925 bits per heavy atom. The number of nitrogens with one attached hydrogen (secondary N) is 1. The molecular weight excluding hydrogens is 517 g/mol. The van der Waals surface area contributed by atoms with Gasteiger partial charge >= 0.3 is 6.36 Å². The lowest BCUT2D eigenvalue weighted by Gasteiger charge is -2.21. The summed E-state index contributed by atoms with van der Waals surface area (Å²) in [7, 11) is 0. The van der Waals surface area contributed by atoms with Gasteiger partial charge in [0.2, 0.25) is 0 Å². The van der Waals surface area contributed by atoms with E-state index in [4.69, 9.17) is 4.74 Å². The number of aromatic nitrogens is 1. The summed E-state index contributed by atoms with van der Waals surface area (Å²) in [4.78, 5) is 17.3. The molecule has 5 nitrogen and oxygen atoms in total. The third-order valence-corrected chi connectivity index (χ3v) is 7.69. The lowest BCUT2D eigenvalue weighted by molar-refractivity contribution is -0.274. The largest absolute Gasteiger partial charge is 0.573 e. The Labute approximate surface area is 233 Å². The fourth-order valence-corrected chi connectivity index (χ4v) is 5.41. The maximum Gasteiger partial charge on any atom is 0.573 e. The number of pyridine rings is 1. The molecular formula is C32H35F3N2O3. The van der Waals surface area contributed by atoms with Crippen LogP contribution in [0.15, 0.2) is 60.8 Å². The van der Waals surface area contributed by atoms with Crippen LogP contribution in [0.3, 0.4) is 0 Å². The number of carbonyl (C=O) groups excluding carboxylic acids is 1. The van der Waals surface area contributed by atoms with E-state index in [1.807, 2.05) is 24.3 Å². The molecule has 0 aliphatic heterocycles. The SMILES string of the molecule is O=C(CCCC1CCCCC1)c1ccnc(Nc2ccc(OCc3ccc(OC(F)(F)F)cc3)cc2C2CC2)c1. The predicted molar refractivity (Wildman–Crippen MR) is 148 cm³/mol. The van der Waals surface area contributed by atoms with Crippen LogP contribution in [0.2, 0.25) is 0 Å². The summed E-state index contributed by atoms with van der Waals surface area (Å²) in [5.41, 5.74) is 3.46. The number of carbonyl (C=O) groups is 1. The minimum Gasteiger partial charge on any atom is -0.489 e. The number of hydrogen-bond donors (Lipinski definition) is 1. The van der Waals surface area contributed by atoms with E-state index in [9.17, 15) is 18.0 Å². The number of nitrogens with zero attached hydrogens (tertiary/aromatic N) is 1. The van der Waals surface area contributed by atoms with Crippen molar-refractivity contribution in [2.75, 3.05) is 5.32 Å². The van der Waals surface area contributed by atoms with Crippen LogP contribution in [-0.2, 0) is 6.61 Å². The molecule has 2 aliphatic carbocycles. The van der Waals surface area contributed by atoms with Crippen molar-refractivity contribution in [2.24, 2.45) is 5.92 Å². The van der Waals surface area contributed by atoms with Crippen LogP contribution in [0.4, 0.5) is 24.7 Å².